The first-order valence-corrected chi connectivity index (χ1v) is 6.72. The highest BCUT2D eigenvalue weighted by Gasteiger charge is 2.14. The number of hydrogen-bond donors (Lipinski definition) is 1. The summed E-state index contributed by atoms with van der Waals surface area (Å²) in [5.41, 5.74) is 5.08. The van der Waals surface area contributed by atoms with E-state index in [0.29, 0.717) is 0 Å². The highest BCUT2D eigenvalue weighted by Crippen LogP contribution is 2.23. The van der Waals surface area contributed by atoms with E-state index in [9.17, 15) is 0 Å². The van der Waals surface area contributed by atoms with Gasteiger partial charge in [-0.2, -0.15) is 5.10 Å². The topological polar surface area (TPSA) is 29.9 Å². The Labute approximate surface area is 115 Å². The van der Waals surface area contributed by atoms with Crippen molar-refractivity contribution in [1.82, 2.24) is 15.1 Å². The van der Waals surface area contributed by atoms with Crippen molar-refractivity contribution in [3.63, 3.8) is 0 Å². The molecule has 0 fully saturated rings. The molecule has 0 saturated carbocycles. The molecule has 0 aliphatic heterocycles. The van der Waals surface area contributed by atoms with Gasteiger partial charge < -0.3 is 5.32 Å². The Morgan fingerprint density at radius 3 is 2.32 bits per heavy atom. The van der Waals surface area contributed by atoms with Crippen molar-refractivity contribution < 1.29 is 0 Å². The van der Waals surface area contributed by atoms with Crippen LogP contribution in [0, 0.1) is 6.92 Å². The lowest BCUT2D eigenvalue weighted by molar-refractivity contribution is 0.590. The lowest BCUT2D eigenvalue weighted by atomic mass is 9.87. The van der Waals surface area contributed by atoms with Gasteiger partial charge in [0.15, 0.2) is 0 Å². The van der Waals surface area contributed by atoms with Crippen LogP contribution in [0.15, 0.2) is 30.5 Å². The van der Waals surface area contributed by atoms with E-state index in [1.807, 2.05) is 17.9 Å². The second-order valence-electron chi connectivity index (χ2n) is 5.99. The van der Waals surface area contributed by atoms with Crippen molar-refractivity contribution in [3.05, 3.63) is 47.3 Å². The van der Waals surface area contributed by atoms with Gasteiger partial charge in [-0.1, -0.05) is 32.9 Å². The second-order valence-corrected chi connectivity index (χ2v) is 5.99. The fraction of sp³-hybridized carbons (Fsp3) is 0.438. The number of aromatic nitrogens is 2. The zero-order chi connectivity index (χ0) is 14.0. The van der Waals surface area contributed by atoms with Gasteiger partial charge in [0.1, 0.15) is 0 Å². The molecule has 0 amide bonds. The molecule has 0 saturated heterocycles. The predicted octanol–water partition coefficient (Wildman–Crippen LogP) is 3.20. The van der Waals surface area contributed by atoms with Gasteiger partial charge in [-0.15, -0.1) is 0 Å². The summed E-state index contributed by atoms with van der Waals surface area (Å²) in [6, 6.07) is 8.66. The van der Waals surface area contributed by atoms with E-state index in [4.69, 9.17) is 0 Å². The van der Waals surface area contributed by atoms with Crippen molar-refractivity contribution in [2.45, 2.75) is 39.7 Å². The van der Waals surface area contributed by atoms with Gasteiger partial charge >= 0.3 is 0 Å². The molecule has 1 aromatic heterocycles. The average Bonchev–Trinajstić information content (AvgIpc) is 2.71. The number of rotatable bonds is 3. The molecular formula is C16H23N3. The van der Waals surface area contributed by atoms with E-state index < -0.39 is 0 Å². The van der Waals surface area contributed by atoms with Gasteiger partial charge in [-0.05, 0) is 37.1 Å². The summed E-state index contributed by atoms with van der Waals surface area (Å²) in [5, 5.41) is 7.64. The van der Waals surface area contributed by atoms with E-state index >= 15 is 0 Å². The van der Waals surface area contributed by atoms with E-state index in [-0.39, 0.29) is 5.41 Å². The lowest BCUT2D eigenvalue weighted by Gasteiger charge is -2.19. The van der Waals surface area contributed by atoms with Crippen molar-refractivity contribution in [2.75, 3.05) is 7.05 Å². The van der Waals surface area contributed by atoms with Crippen molar-refractivity contribution in [1.29, 1.82) is 0 Å². The number of nitrogens with zero attached hydrogens (tertiary/aromatic N) is 2. The third-order valence-electron chi connectivity index (χ3n) is 3.46. The van der Waals surface area contributed by atoms with Gasteiger partial charge in [0, 0.05) is 17.8 Å². The van der Waals surface area contributed by atoms with Gasteiger partial charge in [0.05, 0.1) is 11.9 Å². The third kappa shape index (κ3) is 2.87. The van der Waals surface area contributed by atoms with Crippen molar-refractivity contribution >= 4 is 0 Å². The fourth-order valence-corrected chi connectivity index (χ4v) is 2.17. The molecule has 0 unspecified atom stereocenters. The first kappa shape index (κ1) is 13.8. The minimum Gasteiger partial charge on any atom is -0.316 e. The van der Waals surface area contributed by atoms with Gasteiger partial charge in [-0.3, -0.25) is 0 Å². The highest BCUT2D eigenvalue weighted by atomic mass is 15.3. The zero-order valence-corrected chi connectivity index (χ0v) is 12.5. The Kier molecular flexibility index (Phi) is 3.76. The van der Waals surface area contributed by atoms with Crippen LogP contribution in [0.2, 0.25) is 0 Å². The van der Waals surface area contributed by atoms with Crippen LogP contribution >= 0.6 is 0 Å². The smallest absolute Gasteiger partial charge is 0.0648 e. The molecule has 0 aliphatic carbocycles. The number of hydrogen-bond acceptors (Lipinski definition) is 2. The number of benzene rings is 1. The Morgan fingerprint density at radius 2 is 1.79 bits per heavy atom. The SMILES string of the molecule is CNCc1cnn(-c2ccc(C(C)(C)C)cc2)c1C. The molecule has 1 aromatic carbocycles. The maximum atomic E-state index is 4.47. The first-order valence-electron chi connectivity index (χ1n) is 6.72. The van der Waals surface area contributed by atoms with Crippen LogP contribution < -0.4 is 5.32 Å². The van der Waals surface area contributed by atoms with Crippen LogP contribution in [0.4, 0.5) is 0 Å². The molecule has 1 N–H and O–H groups in total. The predicted molar refractivity (Wildman–Crippen MR) is 79.8 cm³/mol. The summed E-state index contributed by atoms with van der Waals surface area (Å²) >= 11 is 0. The minimum absolute atomic E-state index is 0.189. The summed E-state index contributed by atoms with van der Waals surface area (Å²) < 4.78 is 2.00. The Morgan fingerprint density at radius 1 is 1.16 bits per heavy atom. The second kappa shape index (κ2) is 5.17. The molecule has 3 nitrogen and oxygen atoms in total. The van der Waals surface area contributed by atoms with E-state index in [1.165, 1.54) is 16.8 Å². The molecule has 0 bridgehead atoms. The van der Waals surface area contributed by atoms with Crippen LogP contribution in [-0.2, 0) is 12.0 Å². The Balaban J connectivity index is 2.32. The molecule has 2 aromatic rings. The lowest BCUT2D eigenvalue weighted by Crippen LogP contribution is -2.11. The van der Waals surface area contributed by atoms with E-state index in [0.717, 1.165) is 12.2 Å². The maximum Gasteiger partial charge on any atom is 0.0648 e. The van der Waals surface area contributed by atoms with Gasteiger partial charge in [0.2, 0.25) is 0 Å². The summed E-state index contributed by atoms with van der Waals surface area (Å²) in [6.07, 6.45) is 1.93. The fourth-order valence-electron chi connectivity index (χ4n) is 2.17. The normalized spacial score (nSPS) is 11.8. The molecule has 0 spiro atoms. The van der Waals surface area contributed by atoms with Crippen LogP contribution in [0.3, 0.4) is 0 Å². The third-order valence-corrected chi connectivity index (χ3v) is 3.46. The molecule has 0 radical (unpaired) electrons. The number of nitrogens with one attached hydrogen (secondary N) is 1. The monoisotopic (exact) mass is 257 g/mol. The Bertz CT molecular complexity index is 544. The van der Waals surface area contributed by atoms with Crippen LogP contribution in [0.25, 0.3) is 5.69 Å². The van der Waals surface area contributed by atoms with Gasteiger partial charge in [0.25, 0.3) is 0 Å². The summed E-state index contributed by atoms with van der Waals surface area (Å²) in [5.74, 6) is 0. The van der Waals surface area contributed by atoms with Crippen molar-refractivity contribution in [2.24, 2.45) is 0 Å². The highest BCUT2D eigenvalue weighted by molar-refractivity contribution is 5.38. The zero-order valence-electron chi connectivity index (χ0n) is 12.5. The van der Waals surface area contributed by atoms with Crippen LogP contribution in [-0.4, -0.2) is 16.8 Å². The summed E-state index contributed by atoms with van der Waals surface area (Å²) in [6.45, 7) is 9.65. The van der Waals surface area contributed by atoms with E-state index in [2.05, 4.69) is 62.4 Å². The molecule has 0 atom stereocenters. The molecule has 19 heavy (non-hydrogen) atoms. The molecular weight excluding hydrogens is 234 g/mol. The summed E-state index contributed by atoms with van der Waals surface area (Å²) in [4.78, 5) is 0. The van der Waals surface area contributed by atoms with E-state index in [1.54, 1.807) is 0 Å². The van der Waals surface area contributed by atoms with Crippen LogP contribution in [0.1, 0.15) is 37.6 Å². The molecule has 1 heterocycles. The standard InChI is InChI=1S/C16H23N3/c1-12-13(10-17-5)11-18-19(12)15-8-6-14(7-9-15)16(2,3)4/h6-9,11,17H,10H2,1-5H3. The first-order chi connectivity index (χ1) is 8.93. The minimum atomic E-state index is 0.189. The molecule has 2 rings (SSSR count). The molecule has 3 heteroatoms. The average molecular weight is 257 g/mol. The largest absolute Gasteiger partial charge is 0.316 e. The quantitative estimate of drug-likeness (QED) is 0.915. The van der Waals surface area contributed by atoms with Crippen LogP contribution in [0.5, 0.6) is 0 Å². The van der Waals surface area contributed by atoms with Gasteiger partial charge in [-0.25, -0.2) is 4.68 Å². The summed E-state index contributed by atoms with van der Waals surface area (Å²) in [7, 11) is 1.95. The Hall–Kier alpha value is -1.61. The van der Waals surface area contributed by atoms with Crippen molar-refractivity contribution in [3.8, 4) is 5.69 Å². The molecule has 0 aliphatic rings. The maximum absolute atomic E-state index is 4.47. The molecule has 102 valence electrons.